The first kappa shape index (κ1) is 14.2. The van der Waals surface area contributed by atoms with E-state index < -0.39 is 0 Å². The number of aryl methyl sites for hydroxylation is 2. The number of morpholine rings is 1. The lowest BCUT2D eigenvalue weighted by Gasteiger charge is -2.26. The third kappa shape index (κ3) is 3.14. The van der Waals surface area contributed by atoms with Crippen molar-refractivity contribution >= 4 is 17.5 Å². The van der Waals surface area contributed by atoms with E-state index in [4.69, 9.17) is 16.3 Å². The van der Waals surface area contributed by atoms with Gasteiger partial charge in [0.15, 0.2) is 5.82 Å². The predicted octanol–water partition coefficient (Wildman–Crippen LogP) is 2.65. The van der Waals surface area contributed by atoms with Gasteiger partial charge in [-0.15, -0.1) is 0 Å². The van der Waals surface area contributed by atoms with Gasteiger partial charge in [-0.25, -0.2) is 0 Å². The fraction of sp³-hybridized carbons (Fsp3) is 0.400. The van der Waals surface area contributed by atoms with Gasteiger partial charge in [0.05, 0.1) is 13.2 Å². The van der Waals surface area contributed by atoms with E-state index in [1.165, 1.54) is 5.56 Å². The second kappa shape index (κ2) is 5.95. The fourth-order valence-electron chi connectivity index (χ4n) is 2.34. The van der Waals surface area contributed by atoms with Gasteiger partial charge in [-0.2, -0.15) is 15.0 Å². The first-order valence-electron chi connectivity index (χ1n) is 6.95. The molecule has 0 N–H and O–H groups in total. The Balaban J connectivity index is 2.02. The Morgan fingerprint density at radius 1 is 1.10 bits per heavy atom. The zero-order chi connectivity index (χ0) is 14.8. The first-order valence-corrected chi connectivity index (χ1v) is 7.33. The summed E-state index contributed by atoms with van der Waals surface area (Å²) in [5, 5.41) is 0.224. The van der Waals surface area contributed by atoms with Crippen molar-refractivity contribution in [3.8, 4) is 11.4 Å². The summed E-state index contributed by atoms with van der Waals surface area (Å²) >= 11 is 6.09. The first-order chi connectivity index (χ1) is 10.1. The SMILES string of the molecule is Cc1ccc(C)c(-c2nc(Cl)nc(N3CCOCC3)n2)c1. The van der Waals surface area contributed by atoms with E-state index in [1.807, 2.05) is 6.92 Å². The summed E-state index contributed by atoms with van der Waals surface area (Å²) in [7, 11) is 0. The number of anilines is 1. The minimum absolute atomic E-state index is 0.224. The van der Waals surface area contributed by atoms with Crippen molar-refractivity contribution in [2.75, 3.05) is 31.2 Å². The van der Waals surface area contributed by atoms with E-state index in [-0.39, 0.29) is 5.28 Å². The van der Waals surface area contributed by atoms with Crippen molar-refractivity contribution in [3.05, 3.63) is 34.6 Å². The molecule has 1 aromatic heterocycles. The molecule has 0 amide bonds. The second-order valence-corrected chi connectivity index (χ2v) is 5.48. The molecule has 0 bridgehead atoms. The molecule has 1 aromatic carbocycles. The molecule has 3 rings (SSSR count). The summed E-state index contributed by atoms with van der Waals surface area (Å²) in [6.07, 6.45) is 0. The normalized spacial score (nSPS) is 15.3. The number of ether oxygens (including phenoxy) is 1. The van der Waals surface area contributed by atoms with Crippen LogP contribution in [0.3, 0.4) is 0 Å². The molecule has 0 atom stereocenters. The lowest BCUT2D eigenvalue weighted by molar-refractivity contribution is 0.122. The molecule has 1 fully saturated rings. The van der Waals surface area contributed by atoms with Gasteiger partial charge in [0.1, 0.15) is 0 Å². The molecule has 21 heavy (non-hydrogen) atoms. The van der Waals surface area contributed by atoms with Crippen molar-refractivity contribution in [3.63, 3.8) is 0 Å². The molecule has 1 saturated heterocycles. The van der Waals surface area contributed by atoms with Crippen LogP contribution in [0.25, 0.3) is 11.4 Å². The molecule has 5 nitrogen and oxygen atoms in total. The maximum atomic E-state index is 6.09. The molecule has 2 heterocycles. The Morgan fingerprint density at radius 3 is 2.62 bits per heavy atom. The minimum atomic E-state index is 0.224. The predicted molar refractivity (Wildman–Crippen MR) is 82.8 cm³/mol. The highest BCUT2D eigenvalue weighted by Gasteiger charge is 2.17. The fourth-order valence-corrected chi connectivity index (χ4v) is 2.50. The van der Waals surface area contributed by atoms with Crippen molar-refractivity contribution < 1.29 is 4.74 Å². The van der Waals surface area contributed by atoms with E-state index in [2.05, 4.69) is 45.0 Å². The standard InChI is InChI=1S/C15H17ClN4O/c1-10-3-4-11(2)12(9-10)13-17-14(16)19-15(18-13)20-5-7-21-8-6-20/h3-4,9H,5-8H2,1-2H3. The summed E-state index contributed by atoms with van der Waals surface area (Å²) in [5.74, 6) is 1.24. The van der Waals surface area contributed by atoms with Crippen LogP contribution in [0.2, 0.25) is 5.28 Å². The van der Waals surface area contributed by atoms with Crippen molar-refractivity contribution in [2.45, 2.75) is 13.8 Å². The average Bonchev–Trinajstić information content (AvgIpc) is 2.50. The Morgan fingerprint density at radius 2 is 1.86 bits per heavy atom. The molecule has 6 heteroatoms. The molecular weight excluding hydrogens is 288 g/mol. The van der Waals surface area contributed by atoms with Gasteiger partial charge >= 0.3 is 0 Å². The molecule has 1 aliphatic rings. The molecule has 0 radical (unpaired) electrons. The van der Waals surface area contributed by atoms with Gasteiger partial charge in [-0.3, -0.25) is 0 Å². The largest absolute Gasteiger partial charge is 0.378 e. The lowest BCUT2D eigenvalue weighted by atomic mass is 10.1. The summed E-state index contributed by atoms with van der Waals surface area (Å²) < 4.78 is 5.36. The molecule has 0 unspecified atom stereocenters. The van der Waals surface area contributed by atoms with Gasteiger partial charge in [-0.05, 0) is 37.1 Å². The average molecular weight is 305 g/mol. The summed E-state index contributed by atoms with van der Waals surface area (Å²) in [6, 6.07) is 6.21. The van der Waals surface area contributed by atoms with Gasteiger partial charge < -0.3 is 9.64 Å². The van der Waals surface area contributed by atoms with Crippen LogP contribution in [-0.2, 0) is 4.74 Å². The highest BCUT2D eigenvalue weighted by molar-refractivity contribution is 6.28. The lowest BCUT2D eigenvalue weighted by Crippen LogP contribution is -2.37. The quantitative estimate of drug-likeness (QED) is 0.853. The number of rotatable bonds is 2. The van der Waals surface area contributed by atoms with E-state index in [0.29, 0.717) is 25.0 Å². The summed E-state index contributed by atoms with van der Waals surface area (Å²) in [4.78, 5) is 15.2. The van der Waals surface area contributed by atoms with Crippen molar-refractivity contribution in [1.82, 2.24) is 15.0 Å². The molecule has 110 valence electrons. The van der Waals surface area contributed by atoms with Crippen LogP contribution in [0.4, 0.5) is 5.95 Å². The van der Waals surface area contributed by atoms with E-state index in [0.717, 1.165) is 24.2 Å². The molecule has 0 saturated carbocycles. The Hall–Kier alpha value is -1.72. The Labute approximate surface area is 129 Å². The molecule has 0 spiro atoms. The Kier molecular flexibility index (Phi) is 4.03. The van der Waals surface area contributed by atoms with Crippen molar-refractivity contribution in [1.29, 1.82) is 0 Å². The zero-order valence-electron chi connectivity index (χ0n) is 12.1. The molecular formula is C15H17ClN4O. The highest BCUT2D eigenvalue weighted by Crippen LogP contribution is 2.24. The minimum Gasteiger partial charge on any atom is -0.378 e. The highest BCUT2D eigenvalue weighted by atomic mass is 35.5. The van der Waals surface area contributed by atoms with E-state index in [9.17, 15) is 0 Å². The van der Waals surface area contributed by atoms with Crippen molar-refractivity contribution in [2.24, 2.45) is 0 Å². The third-order valence-corrected chi connectivity index (χ3v) is 3.69. The van der Waals surface area contributed by atoms with Crippen LogP contribution in [0.5, 0.6) is 0 Å². The molecule has 2 aromatic rings. The number of aromatic nitrogens is 3. The van der Waals surface area contributed by atoms with Crippen LogP contribution >= 0.6 is 11.6 Å². The van der Waals surface area contributed by atoms with Gasteiger partial charge in [0.25, 0.3) is 0 Å². The van der Waals surface area contributed by atoms with Gasteiger partial charge in [0, 0.05) is 18.7 Å². The van der Waals surface area contributed by atoms with E-state index in [1.54, 1.807) is 0 Å². The van der Waals surface area contributed by atoms with Gasteiger partial charge in [-0.1, -0.05) is 17.7 Å². The smallest absolute Gasteiger partial charge is 0.230 e. The topological polar surface area (TPSA) is 51.1 Å². The van der Waals surface area contributed by atoms with E-state index >= 15 is 0 Å². The summed E-state index contributed by atoms with van der Waals surface area (Å²) in [6.45, 7) is 7.00. The van der Waals surface area contributed by atoms with Crippen LogP contribution in [0, 0.1) is 13.8 Å². The third-order valence-electron chi connectivity index (χ3n) is 3.52. The monoisotopic (exact) mass is 304 g/mol. The molecule has 0 aliphatic carbocycles. The number of benzene rings is 1. The van der Waals surface area contributed by atoms with Crippen LogP contribution in [-0.4, -0.2) is 41.3 Å². The zero-order valence-corrected chi connectivity index (χ0v) is 12.9. The van der Waals surface area contributed by atoms with Crippen LogP contribution in [0.1, 0.15) is 11.1 Å². The van der Waals surface area contributed by atoms with Crippen LogP contribution in [0.15, 0.2) is 18.2 Å². The maximum Gasteiger partial charge on any atom is 0.230 e. The number of halogens is 1. The van der Waals surface area contributed by atoms with Crippen LogP contribution < -0.4 is 4.90 Å². The number of hydrogen-bond donors (Lipinski definition) is 0. The second-order valence-electron chi connectivity index (χ2n) is 5.15. The summed E-state index contributed by atoms with van der Waals surface area (Å²) in [5.41, 5.74) is 3.28. The Bertz CT molecular complexity index is 656. The molecule has 1 aliphatic heterocycles. The number of nitrogens with zero attached hydrogens (tertiary/aromatic N) is 4. The maximum absolute atomic E-state index is 6.09. The number of hydrogen-bond acceptors (Lipinski definition) is 5. The van der Waals surface area contributed by atoms with Gasteiger partial charge in [0.2, 0.25) is 11.2 Å².